The van der Waals surface area contributed by atoms with Crippen molar-refractivity contribution in [3.63, 3.8) is 0 Å². The van der Waals surface area contributed by atoms with Crippen LogP contribution in [0, 0.1) is 23.7 Å². The van der Waals surface area contributed by atoms with Gasteiger partial charge in [-0.25, -0.2) is 0 Å². The molecule has 2 heteroatoms. The third-order valence-electron chi connectivity index (χ3n) is 4.49. The summed E-state index contributed by atoms with van der Waals surface area (Å²) in [5.74, 6) is 0.427. The van der Waals surface area contributed by atoms with Gasteiger partial charge in [0.1, 0.15) is 11.6 Å². The Bertz CT molecular complexity index is 550. The summed E-state index contributed by atoms with van der Waals surface area (Å²) in [6.07, 6.45) is 24.4. The Morgan fingerprint density at radius 2 is 1.00 bits per heavy atom. The zero-order chi connectivity index (χ0) is 15.4. The third-order valence-corrected chi connectivity index (χ3v) is 4.49. The molecule has 0 unspecified atom stereocenters. The molecule has 22 heavy (non-hydrogen) atoms. The molecule has 2 nitrogen and oxygen atoms in total. The van der Waals surface area contributed by atoms with Gasteiger partial charge in [-0.05, 0) is 11.8 Å². The average molecular weight is 292 g/mol. The maximum absolute atomic E-state index is 12.4. The summed E-state index contributed by atoms with van der Waals surface area (Å²) >= 11 is 0. The predicted octanol–water partition coefficient (Wildman–Crippen LogP) is 3.75. The third kappa shape index (κ3) is 3.33. The van der Waals surface area contributed by atoms with Crippen LogP contribution < -0.4 is 0 Å². The van der Waals surface area contributed by atoms with Gasteiger partial charge in [-0.2, -0.15) is 0 Å². The van der Waals surface area contributed by atoms with Gasteiger partial charge in [0.25, 0.3) is 0 Å². The highest BCUT2D eigenvalue weighted by Gasteiger charge is 2.28. The van der Waals surface area contributed by atoms with E-state index in [0.29, 0.717) is 12.8 Å². The smallest absolute Gasteiger partial charge is 0.143 e. The molecule has 0 atom stereocenters. The SMILES string of the molecule is O=C(CC(CC(=O)C1C=CC=C1)C1C=CC=C1)C1C=CC=C1. The van der Waals surface area contributed by atoms with E-state index in [9.17, 15) is 9.59 Å². The number of carbonyl (C=O) groups is 2. The minimum absolute atomic E-state index is 0.0554. The van der Waals surface area contributed by atoms with E-state index in [1.165, 1.54) is 0 Å². The quantitative estimate of drug-likeness (QED) is 0.716. The molecular weight excluding hydrogens is 272 g/mol. The van der Waals surface area contributed by atoms with Crippen LogP contribution >= 0.6 is 0 Å². The molecule has 3 rings (SSSR count). The van der Waals surface area contributed by atoms with Crippen LogP contribution in [-0.2, 0) is 9.59 Å². The van der Waals surface area contributed by atoms with Crippen LogP contribution in [0.3, 0.4) is 0 Å². The molecule has 0 aromatic heterocycles. The molecule has 0 saturated heterocycles. The lowest BCUT2D eigenvalue weighted by molar-refractivity contribution is -0.123. The zero-order valence-electron chi connectivity index (χ0n) is 12.5. The Morgan fingerprint density at radius 3 is 1.41 bits per heavy atom. The molecule has 3 aliphatic carbocycles. The van der Waals surface area contributed by atoms with Crippen LogP contribution in [0.25, 0.3) is 0 Å². The van der Waals surface area contributed by atoms with Gasteiger partial charge < -0.3 is 0 Å². The van der Waals surface area contributed by atoms with Crippen molar-refractivity contribution in [2.24, 2.45) is 23.7 Å². The fourth-order valence-corrected chi connectivity index (χ4v) is 3.19. The van der Waals surface area contributed by atoms with Crippen molar-refractivity contribution in [1.29, 1.82) is 0 Å². The van der Waals surface area contributed by atoms with Crippen LogP contribution in [0.1, 0.15) is 12.8 Å². The minimum atomic E-state index is -0.113. The van der Waals surface area contributed by atoms with Crippen molar-refractivity contribution in [2.45, 2.75) is 12.8 Å². The summed E-state index contributed by atoms with van der Waals surface area (Å²) in [5, 5.41) is 0. The van der Waals surface area contributed by atoms with E-state index >= 15 is 0 Å². The number of carbonyl (C=O) groups excluding carboxylic acids is 2. The van der Waals surface area contributed by atoms with Crippen molar-refractivity contribution in [3.8, 4) is 0 Å². The first-order valence-electron chi connectivity index (χ1n) is 7.84. The maximum atomic E-state index is 12.4. The number of rotatable bonds is 7. The molecule has 0 aliphatic heterocycles. The first-order chi connectivity index (χ1) is 10.7. The second-order valence-electron chi connectivity index (χ2n) is 6.04. The van der Waals surface area contributed by atoms with Crippen molar-refractivity contribution >= 4 is 11.6 Å². The van der Waals surface area contributed by atoms with Gasteiger partial charge in [-0.1, -0.05) is 72.9 Å². The average Bonchev–Trinajstić information content (AvgIpc) is 3.29. The highest BCUT2D eigenvalue weighted by Crippen LogP contribution is 2.30. The molecule has 0 fully saturated rings. The van der Waals surface area contributed by atoms with Gasteiger partial charge in [0, 0.05) is 12.8 Å². The molecule has 0 aromatic rings. The minimum Gasteiger partial charge on any atom is -0.299 e. The van der Waals surface area contributed by atoms with E-state index in [1.807, 2.05) is 60.8 Å². The van der Waals surface area contributed by atoms with Gasteiger partial charge >= 0.3 is 0 Å². The standard InChI is InChI=1S/C20H20O2/c21-19(16-9-3-4-10-16)13-18(15-7-1-2-8-15)14-20(22)17-11-5-6-12-17/h1-12,15-18H,13-14H2. The van der Waals surface area contributed by atoms with Crippen LogP contribution in [0.2, 0.25) is 0 Å². The van der Waals surface area contributed by atoms with E-state index in [1.54, 1.807) is 0 Å². The van der Waals surface area contributed by atoms with E-state index in [-0.39, 0.29) is 35.2 Å². The maximum Gasteiger partial charge on any atom is 0.143 e. The molecule has 0 bridgehead atoms. The van der Waals surface area contributed by atoms with E-state index in [2.05, 4.69) is 12.2 Å². The monoisotopic (exact) mass is 292 g/mol. The number of Topliss-reactive ketones (excluding diaryl/α,β-unsaturated/α-hetero) is 2. The fraction of sp³-hybridized carbons (Fsp3) is 0.300. The molecular formula is C20H20O2. The Hall–Kier alpha value is -2.22. The topological polar surface area (TPSA) is 34.1 Å². The Kier molecular flexibility index (Phi) is 4.47. The lowest BCUT2D eigenvalue weighted by Crippen LogP contribution is -2.23. The zero-order valence-corrected chi connectivity index (χ0v) is 12.5. The van der Waals surface area contributed by atoms with Crippen molar-refractivity contribution < 1.29 is 9.59 Å². The normalized spacial score (nSPS) is 20.2. The number of hydrogen-bond acceptors (Lipinski definition) is 2. The van der Waals surface area contributed by atoms with Crippen molar-refractivity contribution in [3.05, 3.63) is 72.9 Å². The largest absolute Gasteiger partial charge is 0.299 e. The van der Waals surface area contributed by atoms with Crippen LogP contribution in [0.4, 0.5) is 0 Å². The second-order valence-corrected chi connectivity index (χ2v) is 6.04. The highest BCUT2D eigenvalue weighted by molar-refractivity contribution is 5.88. The first kappa shape index (κ1) is 14.7. The van der Waals surface area contributed by atoms with Crippen molar-refractivity contribution in [1.82, 2.24) is 0 Å². The lowest BCUT2D eigenvalue weighted by Gasteiger charge is -2.21. The molecule has 0 radical (unpaired) electrons. The Morgan fingerprint density at radius 1 is 0.636 bits per heavy atom. The first-order valence-corrected chi connectivity index (χ1v) is 7.84. The highest BCUT2D eigenvalue weighted by atomic mass is 16.1. The molecule has 3 aliphatic rings. The van der Waals surface area contributed by atoms with Crippen LogP contribution in [0.15, 0.2) is 72.9 Å². The van der Waals surface area contributed by atoms with E-state index in [4.69, 9.17) is 0 Å². The summed E-state index contributed by atoms with van der Waals surface area (Å²) in [5.41, 5.74) is 0. The summed E-state index contributed by atoms with van der Waals surface area (Å²) in [6.45, 7) is 0. The van der Waals surface area contributed by atoms with Crippen LogP contribution in [0.5, 0.6) is 0 Å². The summed E-state index contributed by atoms with van der Waals surface area (Å²) in [4.78, 5) is 24.9. The second kappa shape index (κ2) is 6.69. The summed E-state index contributed by atoms with van der Waals surface area (Å²) < 4.78 is 0. The molecule has 0 aromatic carbocycles. The van der Waals surface area contributed by atoms with E-state index in [0.717, 1.165) is 0 Å². The Labute approximate surface area is 131 Å². The number of ketones is 2. The Balaban J connectivity index is 1.66. The van der Waals surface area contributed by atoms with Gasteiger partial charge in [0.15, 0.2) is 0 Å². The van der Waals surface area contributed by atoms with Gasteiger partial charge in [-0.15, -0.1) is 0 Å². The van der Waals surface area contributed by atoms with Gasteiger partial charge in [0.05, 0.1) is 11.8 Å². The van der Waals surface area contributed by atoms with Crippen molar-refractivity contribution in [2.75, 3.05) is 0 Å². The molecule has 112 valence electrons. The molecule has 0 N–H and O–H groups in total. The lowest BCUT2D eigenvalue weighted by atomic mass is 9.81. The number of allylic oxidation sites excluding steroid dienone is 12. The van der Waals surface area contributed by atoms with Gasteiger partial charge in [0.2, 0.25) is 0 Å². The fourth-order valence-electron chi connectivity index (χ4n) is 3.19. The molecule has 0 saturated carbocycles. The summed E-state index contributed by atoms with van der Waals surface area (Å²) in [7, 11) is 0. The molecule has 0 heterocycles. The summed E-state index contributed by atoms with van der Waals surface area (Å²) in [6, 6.07) is 0. The van der Waals surface area contributed by atoms with E-state index < -0.39 is 0 Å². The van der Waals surface area contributed by atoms with Crippen LogP contribution in [-0.4, -0.2) is 11.6 Å². The molecule has 0 spiro atoms. The van der Waals surface area contributed by atoms with Gasteiger partial charge in [-0.3, -0.25) is 9.59 Å². The number of hydrogen-bond donors (Lipinski definition) is 0. The predicted molar refractivity (Wildman–Crippen MR) is 88.0 cm³/mol. The molecule has 0 amide bonds.